The lowest BCUT2D eigenvalue weighted by atomic mass is 10.0. The molecular formula is C14H25N3. The first-order valence-corrected chi connectivity index (χ1v) is 7.08. The first-order valence-electron chi connectivity index (χ1n) is 7.08. The molecule has 1 fully saturated rings. The number of rotatable bonds is 5. The van der Waals surface area contributed by atoms with E-state index in [9.17, 15) is 0 Å². The maximum atomic E-state index is 4.35. The summed E-state index contributed by atoms with van der Waals surface area (Å²) in [5.74, 6) is 0. The number of unbranched alkanes of at least 4 members (excludes halogenated alkanes) is 1. The lowest BCUT2D eigenvalue weighted by Gasteiger charge is -2.26. The van der Waals surface area contributed by atoms with Gasteiger partial charge in [0.05, 0.1) is 12.0 Å². The average Bonchev–Trinajstić information content (AvgIpc) is 2.86. The normalized spacial score (nSPS) is 22.6. The van der Waals surface area contributed by atoms with Crippen molar-refractivity contribution in [3.8, 4) is 0 Å². The summed E-state index contributed by atoms with van der Waals surface area (Å²) in [6, 6.07) is 1.10. The lowest BCUT2D eigenvalue weighted by molar-refractivity contribution is 0.375. The van der Waals surface area contributed by atoms with Gasteiger partial charge >= 0.3 is 0 Å². The first-order chi connectivity index (χ1) is 8.33. The maximum absolute atomic E-state index is 4.35. The Bertz CT molecular complexity index is 326. The number of hydrogen-bond donors (Lipinski definition) is 1. The molecule has 1 aromatic heterocycles. The molecule has 0 saturated carbocycles. The molecular weight excluding hydrogens is 210 g/mol. The van der Waals surface area contributed by atoms with Crippen LogP contribution >= 0.6 is 0 Å². The van der Waals surface area contributed by atoms with Crippen molar-refractivity contribution in [3.63, 3.8) is 0 Å². The molecule has 1 saturated heterocycles. The van der Waals surface area contributed by atoms with Gasteiger partial charge in [-0.1, -0.05) is 26.2 Å². The summed E-state index contributed by atoms with van der Waals surface area (Å²) in [5.41, 5.74) is 1.38. The van der Waals surface area contributed by atoms with Crippen LogP contribution in [0.25, 0.3) is 0 Å². The molecule has 17 heavy (non-hydrogen) atoms. The standard InChI is InChI=1S/C14H25N3/c1-3-4-7-12(2)17-11-15-10-14(17)13-8-5-6-9-16-13/h10-13,16H,3-9H2,1-2H3. The highest BCUT2D eigenvalue weighted by atomic mass is 15.1. The zero-order chi connectivity index (χ0) is 12.1. The van der Waals surface area contributed by atoms with E-state index in [0.717, 1.165) is 6.54 Å². The van der Waals surface area contributed by atoms with Gasteiger partial charge in [-0.15, -0.1) is 0 Å². The van der Waals surface area contributed by atoms with Crippen molar-refractivity contribution in [1.82, 2.24) is 14.9 Å². The molecule has 1 aromatic rings. The van der Waals surface area contributed by atoms with Crippen LogP contribution in [0, 0.1) is 0 Å². The molecule has 96 valence electrons. The second kappa shape index (κ2) is 6.20. The van der Waals surface area contributed by atoms with Gasteiger partial charge in [-0.3, -0.25) is 0 Å². The topological polar surface area (TPSA) is 29.9 Å². The Morgan fingerprint density at radius 1 is 1.53 bits per heavy atom. The first kappa shape index (κ1) is 12.6. The van der Waals surface area contributed by atoms with Crippen molar-refractivity contribution in [2.75, 3.05) is 6.54 Å². The fourth-order valence-corrected chi connectivity index (χ4v) is 2.70. The van der Waals surface area contributed by atoms with Gasteiger partial charge in [0.25, 0.3) is 0 Å². The van der Waals surface area contributed by atoms with Gasteiger partial charge in [0.2, 0.25) is 0 Å². The Morgan fingerprint density at radius 2 is 2.41 bits per heavy atom. The van der Waals surface area contributed by atoms with Crippen molar-refractivity contribution >= 4 is 0 Å². The van der Waals surface area contributed by atoms with Crippen molar-refractivity contribution in [1.29, 1.82) is 0 Å². The van der Waals surface area contributed by atoms with E-state index in [0.29, 0.717) is 12.1 Å². The van der Waals surface area contributed by atoms with Gasteiger partial charge in [0.1, 0.15) is 0 Å². The molecule has 0 amide bonds. The van der Waals surface area contributed by atoms with Gasteiger partial charge in [-0.2, -0.15) is 0 Å². The van der Waals surface area contributed by atoms with E-state index in [-0.39, 0.29) is 0 Å². The molecule has 0 spiro atoms. The van der Waals surface area contributed by atoms with Gasteiger partial charge in [-0.25, -0.2) is 4.98 Å². The Balaban J connectivity index is 2.04. The van der Waals surface area contributed by atoms with Gasteiger partial charge in [0, 0.05) is 18.3 Å². The summed E-state index contributed by atoms with van der Waals surface area (Å²) in [6.07, 6.45) is 11.8. The zero-order valence-corrected chi connectivity index (χ0v) is 11.2. The van der Waals surface area contributed by atoms with Crippen molar-refractivity contribution in [2.45, 2.75) is 64.5 Å². The van der Waals surface area contributed by atoms with Crippen LogP contribution in [0.1, 0.15) is 70.2 Å². The van der Waals surface area contributed by atoms with Crippen molar-refractivity contribution < 1.29 is 0 Å². The van der Waals surface area contributed by atoms with E-state index >= 15 is 0 Å². The Hall–Kier alpha value is -0.830. The third kappa shape index (κ3) is 3.09. The average molecular weight is 235 g/mol. The number of aromatic nitrogens is 2. The van der Waals surface area contributed by atoms with Crippen LogP contribution in [0.4, 0.5) is 0 Å². The van der Waals surface area contributed by atoms with Gasteiger partial charge in [0.15, 0.2) is 0 Å². The minimum absolute atomic E-state index is 0.523. The van der Waals surface area contributed by atoms with E-state index in [4.69, 9.17) is 0 Å². The maximum Gasteiger partial charge on any atom is 0.0951 e. The Labute approximate surface area is 105 Å². The largest absolute Gasteiger partial charge is 0.330 e. The van der Waals surface area contributed by atoms with E-state index in [1.807, 2.05) is 12.5 Å². The van der Waals surface area contributed by atoms with E-state index in [1.165, 1.54) is 44.2 Å². The zero-order valence-electron chi connectivity index (χ0n) is 11.2. The fraction of sp³-hybridized carbons (Fsp3) is 0.786. The highest BCUT2D eigenvalue weighted by Gasteiger charge is 2.20. The van der Waals surface area contributed by atoms with Crippen LogP contribution in [0.15, 0.2) is 12.5 Å². The molecule has 0 aliphatic carbocycles. The molecule has 0 bridgehead atoms. The molecule has 2 atom stereocenters. The second-order valence-corrected chi connectivity index (χ2v) is 5.22. The van der Waals surface area contributed by atoms with Crippen molar-refractivity contribution in [2.24, 2.45) is 0 Å². The molecule has 2 unspecified atom stereocenters. The highest BCUT2D eigenvalue weighted by Crippen LogP contribution is 2.26. The minimum Gasteiger partial charge on any atom is -0.330 e. The smallest absolute Gasteiger partial charge is 0.0951 e. The predicted octanol–water partition coefficient (Wildman–Crippen LogP) is 3.45. The number of nitrogens with one attached hydrogen (secondary N) is 1. The monoisotopic (exact) mass is 235 g/mol. The van der Waals surface area contributed by atoms with E-state index in [2.05, 4.69) is 28.7 Å². The van der Waals surface area contributed by atoms with Gasteiger partial charge in [-0.05, 0) is 32.7 Å². The summed E-state index contributed by atoms with van der Waals surface area (Å²) >= 11 is 0. The summed E-state index contributed by atoms with van der Waals surface area (Å²) in [4.78, 5) is 4.35. The Kier molecular flexibility index (Phi) is 4.60. The third-order valence-electron chi connectivity index (χ3n) is 3.81. The van der Waals surface area contributed by atoms with Crippen molar-refractivity contribution in [3.05, 3.63) is 18.2 Å². The number of imidazole rings is 1. The van der Waals surface area contributed by atoms with E-state index in [1.54, 1.807) is 0 Å². The van der Waals surface area contributed by atoms with Crippen LogP contribution in [0.2, 0.25) is 0 Å². The predicted molar refractivity (Wildman–Crippen MR) is 71.1 cm³/mol. The van der Waals surface area contributed by atoms with Crippen LogP contribution in [-0.4, -0.2) is 16.1 Å². The summed E-state index contributed by atoms with van der Waals surface area (Å²) < 4.78 is 2.37. The molecule has 0 aromatic carbocycles. The van der Waals surface area contributed by atoms with E-state index < -0.39 is 0 Å². The Morgan fingerprint density at radius 3 is 3.12 bits per heavy atom. The molecule has 1 aliphatic rings. The summed E-state index contributed by atoms with van der Waals surface area (Å²) in [5, 5.41) is 3.61. The fourth-order valence-electron chi connectivity index (χ4n) is 2.70. The number of nitrogens with zero attached hydrogens (tertiary/aromatic N) is 2. The van der Waals surface area contributed by atoms with Crippen LogP contribution < -0.4 is 5.32 Å². The quantitative estimate of drug-likeness (QED) is 0.847. The number of piperidine rings is 1. The number of hydrogen-bond acceptors (Lipinski definition) is 2. The molecule has 3 heteroatoms. The van der Waals surface area contributed by atoms with Crippen LogP contribution in [0.3, 0.4) is 0 Å². The van der Waals surface area contributed by atoms with Crippen LogP contribution in [0.5, 0.6) is 0 Å². The molecule has 1 N–H and O–H groups in total. The lowest BCUT2D eigenvalue weighted by Crippen LogP contribution is -2.29. The SMILES string of the molecule is CCCCC(C)n1cncc1C1CCCCN1. The summed E-state index contributed by atoms with van der Waals surface area (Å²) in [7, 11) is 0. The minimum atomic E-state index is 0.523. The van der Waals surface area contributed by atoms with Crippen LogP contribution in [-0.2, 0) is 0 Å². The molecule has 2 heterocycles. The molecule has 3 nitrogen and oxygen atoms in total. The summed E-state index contributed by atoms with van der Waals surface area (Å²) in [6.45, 7) is 5.72. The molecule has 1 aliphatic heterocycles. The second-order valence-electron chi connectivity index (χ2n) is 5.22. The molecule has 2 rings (SSSR count). The van der Waals surface area contributed by atoms with Gasteiger partial charge < -0.3 is 9.88 Å². The third-order valence-corrected chi connectivity index (χ3v) is 3.81. The highest BCUT2D eigenvalue weighted by molar-refractivity contribution is 5.07. The molecule has 0 radical (unpaired) electrons.